The Hall–Kier alpha value is -3.30. The van der Waals surface area contributed by atoms with E-state index in [1.165, 1.54) is 12.1 Å². The molecule has 2 amide bonds. The van der Waals surface area contributed by atoms with Gasteiger partial charge in [0, 0.05) is 50.3 Å². The predicted octanol–water partition coefficient (Wildman–Crippen LogP) is 4.95. The molecule has 9 heteroatoms. The number of anilines is 1. The van der Waals surface area contributed by atoms with E-state index in [9.17, 15) is 13.6 Å². The van der Waals surface area contributed by atoms with Crippen molar-refractivity contribution in [3.05, 3.63) is 71.4 Å². The van der Waals surface area contributed by atoms with Crippen molar-refractivity contribution in [1.82, 2.24) is 20.0 Å². The largest absolute Gasteiger partial charge is 0.383 e. The predicted molar refractivity (Wildman–Crippen MR) is 136 cm³/mol. The van der Waals surface area contributed by atoms with Crippen LogP contribution in [0.3, 0.4) is 0 Å². The fourth-order valence-electron chi connectivity index (χ4n) is 4.85. The maximum atomic E-state index is 14.0. The number of hydrogen-bond donors (Lipinski definition) is 2. The van der Waals surface area contributed by atoms with Gasteiger partial charge in [-0.25, -0.2) is 13.6 Å². The lowest BCUT2D eigenvalue weighted by molar-refractivity contribution is 0.159. The zero-order chi connectivity index (χ0) is 25.8. The molecule has 0 saturated carbocycles. The summed E-state index contributed by atoms with van der Waals surface area (Å²) in [4.78, 5) is 15.4. The average Bonchev–Trinajstić information content (AvgIpc) is 3.38. The molecule has 2 N–H and O–H groups in total. The van der Waals surface area contributed by atoms with Crippen LogP contribution in [0.5, 0.6) is 0 Å². The van der Waals surface area contributed by atoms with Crippen molar-refractivity contribution < 1.29 is 18.3 Å². The lowest BCUT2D eigenvalue weighted by Crippen LogP contribution is -2.42. The Morgan fingerprint density at radius 2 is 1.83 bits per heavy atom. The number of carbonyl (C=O) groups excluding carboxylic acids is 1. The molecule has 7 nitrogen and oxygen atoms in total. The fraction of sp³-hybridized carbons (Fsp3) is 0.407. The summed E-state index contributed by atoms with van der Waals surface area (Å²) in [5, 5.41) is 10.8. The van der Waals surface area contributed by atoms with E-state index in [-0.39, 0.29) is 24.0 Å². The number of urea groups is 1. The summed E-state index contributed by atoms with van der Waals surface area (Å²) in [6, 6.07) is 12.6. The smallest absolute Gasteiger partial charge is 0.319 e. The average molecular weight is 498 g/mol. The molecule has 1 fully saturated rings. The van der Waals surface area contributed by atoms with Crippen LogP contribution in [-0.2, 0) is 4.74 Å². The zero-order valence-electron chi connectivity index (χ0n) is 21.1. The summed E-state index contributed by atoms with van der Waals surface area (Å²) < 4.78 is 35.1. The minimum atomic E-state index is -0.632. The Morgan fingerprint density at radius 1 is 1.14 bits per heavy atom. The highest BCUT2D eigenvalue weighted by Gasteiger charge is 2.35. The first-order valence-corrected chi connectivity index (χ1v) is 12.2. The van der Waals surface area contributed by atoms with Gasteiger partial charge in [-0.3, -0.25) is 9.58 Å². The third-order valence-electron chi connectivity index (χ3n) is 6.56. The first-order valence-electron chi connectivity index (χ1n) is 12.2. The van der Waals surface area contributed by atoms with Crippen LogP contribution in [0.2, 0.25) is 0 Å². The summed E-state index contributed by atoms with van der Waals surface area (Å²) in [6.45, 7) is 8.27. The van der Waals surface area contributed by atoms with E-state index in [0.717, 1.165) is 17.3 Å². The van der Waals surface area contributed by atoms with Gasteiger partial charge in [0.15, 0.2) is 0 Å². The number of likely N-dealkylation sites (tertiary alicyclic amines) is 1. The quantitative estimate of drug-likeness (QED) is 0.462. The zero-order valence-corrected chi connectivity index (χ0v) is 21.1. The summed E-state index contributed by atoms with van der Waals surface area (Å²) in [5.41, 5.74) is 3.58. The van der Waals surface area contributed by atoms with Crippen LogP contribution in [0.15, 0.2) is 48.5 Å². The van der Waals surface area contributed by atoms with Crippen LogP contribution in [0, 0.1) is 18.6 Å². The van der Waals surface area contributed by atoms with Crippen LogP contribution in [-0.4, -0.2) is 60.1 Å². The second kappa shape index (κ2) is 11.2. The molecule has 1 aromatic heterocycles. The summed E-state index contributed by atoms with van der Waals surface area (Å²) in [5.74, 6) is -1.54. The van der Waals surface area contributed by atoms with Gasteiger partial charge in [0.05, 0.1) is 24.0 Å². The summed E-state index contributed by atoms with van der Waals surface area (Å²) in [7, 11) is 1.63. The van der Waals surface area contributed by atoms with E-state index >= 15 is 0 Å². The fourth-order valence-corrected chi connectivity index (χ4v) is 4.85. The molecule has 0 bridgehead atoms. The molecule has 4 rings (SSSR count). The number of nitrogens with one attached hydrogen (secondary N) is 2. The number of carbonyl (C=O) groups is 1. The van der Waals surface area contributed by atoms with Gasteiger partial charge in [0.2, 0.25) is 0 Å². The van der Waals surface area contributed by atoms with Crippen molar-refractivity contribution in [2.45, 2.75) is 38.8 Å². The molecule has 0 aliphatic carbocycles. The van der Waals surface area contributed by atoms with Gasteiger partial charge in [-0.05, 0) is 38.5 Å². The molecule has 1 saturated heterocycles. The van der Waals surface area contributed by atoms with Crippen molar-refractivity contribution in [2.75, 3.05) is 38.7 Å². The van der Waals surface area contributed by atoms with Crippen LogP contribution < -0.4 is 10.6 Å². The molecule has 1 aliphatic rings. The Labute approximate surface area is 210 Å². The highest BCUT2D eigenvalue weighted by Crippen LogP contribution is 2.32. The molecule has 1 aliphatic heterocycles. The van der Waals surface area contributed by atoms with Crippen molar-refractivity contribution in [2.24, 2.45) is 0 Å². The van der Waals surface area contributed by atoms with Gasteiger partial charge in [-0.1, -0.05) is 30.3 Å². The van der Waals surface area contributed by atoms with Gasteiger partial charge >= 0.3 is 6.03 Å². The minimum absolute atomic E-state index is 0.113. The standard InChI is InChI=1S/C27H33F2N5O2/c1-17(2)34-18(3)25(26(32-34)19-8-6-5-7-9-19)31-27(35)30-24-16-33(10-11-36-4)15-23(24)20-12-21(28)14-22(29)13-20/h5-9,12-14,17,23-24H,10-11,15-16H2,1-4H3,(H2,30,31,35)/t23-,24+/m0/s1. The van der Waals surface area contributed by atoms with Crippen LogP contribution >= 0.6 is 0 Å². The lowest BCUT2D eigenvalue weighted by atomic mass is 9.94. The summed E-state index contributed by atoms with van der Waals surface area (Å²) >= 11 is 0. The monoisotopic (exact) mass is 497 g/mol. The molecular formula is C27H33F2N5O2. The minimum Gasteiger partial charge on any atom is -0.383 e. The SMILES string of the molecule is COCCN1C[C@@H](NC(=O)Nc2c(-c3ccccc3)nn(C(C)C)c2C)[C@H](c2cc(F)cc(F)c2)C1. The topological polar surface area (TPSA) is 71.4 Å². The number of methoxy groups -OCH3 is 1. The normalized spacial score (nSPS) is 18.1. The molecular weight excluding hydrogens is 464 g/mol. The molecule has 2 atom stereocenters. The van der Waals surface area contributed by atoms with Crippen molar-refractivity contribution in [1.29, 1.82) is 0 Å². The third kappa shape index (κ3) is 5.74. The summed E-state index contributed by atoms with van der Waals surface area (Å²) in [6.07, 6.45) is 0. The van der Waals surface area contributed by atoms with Gasteiger partial charge < -0.3 is 15.4 Å². The first-order chi connectivity index (χ1) is 17.3. The number of nitrogens with zero attached hydrogens (tertiary/aromatic N) is 3. The Bertz CT molecular complexity index is 1180. The van der Waals surface area contributed by atoms with E-state index in [1.807, 2.05) is 55.8 Å². The highest BCUT2D eigenvalue weighted by atomic mass is 19.1. The van der Waals surface area contributed by atoms with Crippen LogP contribution in [0.25, 0.3) is 11.3 Å². The molecule has 2 aromatic carbocycles. The van der Waals surface area contributed by atoms with Crippen molar-refractivity contribution in [3.8, 4) is 11.3 Å². The Kier molecular flexibility index (Phi) is 8.01. The number of ether oxygens (including phenoxy) is 1. The Morgan fingerprint density at radius 3 is 2.47 bits per heavy atom. The molecule has 36 heavy (non-hydrogen) atoms. The third-order valence-corrected chi connectivity index (χ3v) is 6.56. The van der Waals surface area contributed by atoms with Crippen molar-refractivity contribution in [3.63, 3.8) is 0 Å². The Balaban J connectivity index is 1.58. The first kappa shape index (κ1) is 25.8. The number of amides is 2. The second-order valence-corrected chi connectivity index (χ2v) is 9.48. The van der Waals surface area contributed by atoms with Crippen LogP contribution in [0.1, 0.15) is 37.1 Å². The van der Waals surface area contributed by atoms with Gasteiger partial charge in [-0.15, -0.1) is 0 Å². The van der Waals surface area contributed by atoms with Gasteiger partial charge in [-0.2, -0.15) is 5.10 Å². The van der Waals surface area contributed by atoms with E-state index < -0.39 is 11.6 Å². The molecule has 0 spiro atoms. The molecule has 0 radical (unpaired) electrons. The number of aromatic nitrogens is 2. The lowest BCUT2D eigenvalue weighted by Gasteiger charge is -2.21. The number of hydrogen-bond acceptors (Lipinski definition) is 4. The van der Waals surface area contributed by atoms with E-state index in [4.69, 9.17) is 9.84 Å². The number of rotatable bonds is 8. The number of benzene rings is 2. The molecule has 2 heterocycles. The maximum absolute atomic E-state index is 14.0. The molecule has 192 valence electrons. The molecule has 3 aromatic rings. The van der Waals surface area contributed by atoms with E-state index in [1.54, 1.807) is 7.11 Å². The maximum Gasteiger partial charge on any atom is 0.319 e. The highest BCUT2D eigenvalue weighted by molar-refractivity contribution is 5.94. The van der Waals surface area contributed by atoms with Crippen molar-refractivity contribution >= 4 is 11.7 Å². The van der Waals surface area contributed by atoms with Gasteiger partial charge in [0.25, 0.3) is 0 Å². The van der Waals surface area contributed by atoms with Crippen LogP contribution in [0.4, 0.5) is 19.3 Å². The number of halogens is 2. The van der Waals surface area contributed by atoms with E-state index in [0.29, 0.717) is 43.2 Å². The van der Waals surface area contributed by atoms with E-state index in [2.05, 4.69) is 15.5 Å². The second-order valence-electron chi connectivity index (χ2n) is 9.48. The van der Waals surface area contributed by atoms with Gasteiger partial charge in [0.1, 0.15) is 17.3 Å². The molecule has 0 unspecified atom stereocenters.